The summed E-state index contributed by atoms with van der Waals surface area (Å²) in [5.74, 6) is -0.323. The fourth-order valence-corrected chi connectivity index (χ4v) is 0.842. The van der Waals surface area contributed by atoms with Crippen molar-refractivity contribution in [1.29, 1.82) is 0 Å². The highest BCUT2D eigenvalue weighted by atomic mass is 16.5. The number of hydrogen-bond acceptors (Lipinski definition) is 5. The molecular formula is C10H19NO4. The molecule has 0 saturated carbocycles. The van der Waals surface area contributed by atoms with E-state index >= 15 is 0 Å². The molecule has 5 heteroatoms. The van der Waals surface area contributed by atoms with Crippen molar-refractivity contribution in [2.75, 3.05) is 39.5 Å². The SMILES string of the molecule is CCOC(=O)/C=C/CNCCOCCO. The largest absolute Gasteiger partial charge is 0.463 e. The number of nitrogens with one attached hydrogen (secondary N) is 1. The van der Waals surface area contributed by atoms with Crippen LogP contribution in [0.2, 0.25) is 0 Å². The van der Waals surface area contributed by atoms with E-state index in [0.717, 1.165) is 0 Å². The van der Waals surface area contributed by atoms with Crippen LogP contribution in [0.15, 0.2) is 12.2 Å². The maximum absolute atomic E-state index is 10.8. The van der Waals surface area contributed by atoms with E-state index in [1.54, 1.807) is 13.0 Å². The molecule has 0 unspecified atom stereocenters. The molecular weight excluding hydrogens is 198 g/mol. The van der Waals surface area contributed by atoms with E-state index in [2.05, 4.69) is 5.32 Å². The Balaban J connectivity index is 3.19. The Morgan fingerprint density at radius 1 is 1.47 bits per heavy atom. The summed E-state index contributed by atoms with van der Waals surface area (Å²) in [6.45, 7) is 4.40. The summed E-state index contributed by atoms with van der Waals surface area (Å²) in [6.07, 6.45) is 3.09. The normalized spacial score (nSPS) is 10.8. The predicted octanol–water partition coefficient (Wildman–Crippen LogP) is -0.296. The minimum atomic E-state index is -0.323. The van der Waals surface area contributed by atoms with E-state index in [1.165, 1.54) is 6.08 Å². The fourth-order valence-electron chi connectivity index (χ4n) is 0.842. The van der Waals surface area contributed by atoms with Gasteiger partial charge in [-0.15, -0.1) is 0 Å². The van der Waals surface area contributed by atoms with Crippen LogP contribution < -0.4 is 5.32 Å². The zero-order valence-electron chi connectivity index (χ0n) is 9.07. The molecule has 88 valence electrons. The summed E-state index contributed by atoms with van der Waals surface area (Å²) in [4.78, 5) is 10.8. The molecule has 0 radical (unpaired) electrons. The van der Waals surface area contributed by atoms with Gasteiger partial charge in [0.1, 0.15) is 0 Å². The first-order valence-corrected chi connectivity index (χ1v) is 5.03. The van der Waals surface area contributed by atoms with Crippen molar-refractivity contribution in [2.24, 2.45) is 0 Å². The van der Waals surface area contributed by atoms with Crippen molar-refractivity contribution in [3.05, 3.63) is 12.2 Å². The third kappa shape index (κ3) is 11.0. The second-order valence-electron chi connectivity index (χ2n) is 2.69. The standard InChI is InChI=1S/C10H19NO4/c1-2-15-10(13)4-3-5-11-6-8-14-9-7-12/h3-4,11-12H,2,5-9H2,1H3/b4-3+. The van der Waals surface area contributed by atoms with Crippen molar-refractivity contribution in [3.63, 3.8) is 0 Å². The average molecular weight is 217 g/mol. The summed E-state index contributed by atoms with van der Waals surface area (Å²) in [6, 6.07) is 0. The molecule has 0 rings (SSSR count). The summed E-state index contributed by atoms with van der Waals surface area (Å²) in [7, 11) is 0. The smallest absolute Gasteiger partial charge is 0.330 e. The number of rotatable bonds is 9. The van der Waals surface area contributed by atoms with Gasteiger partial charge in [0.2, 0.25) is 0 Å². The lowest BCUT2D eigenvalue weighted by molar-refractivity contribution is -0.137. The van der Waals surface area contributed by atoms with Gasteiger partial charge in [-0.3, -0.25) is 0 Å². The average Bonchev–Trinajstić information content (AvgIpc) is 2.22. The van der Waals surface area contributed by atoms with Gasteiger partial charge in [0.25, 0.3) is 0 Å². The predicted molar refractivity (Wildman–Crippen MR) is 56.5 cm³/mol. The van der Waals surface area contributed by atoms with Crippen molar-refractivity contribution in [3.8, 4) is 0 Å². The Morgan fingerprint density at radius 2 is 2.27 bits per heavy atom. The van der Waals surface area contributed by atoms with Crippen molar-refractivity contribution >= 4 is 5.97 Å². The van der Waals surface area contributed by atoms with Crippen molar-refractivity contribution in [1.82, 2.24) is 5.32 Å². The minimum absolute atomic E-state index is 0.0444. The summed E-state index contributed by atoms with van der Waals surface area (Å²) >= 11 is 0. The first kappa shape index (κ1) is 14.1. The lowest BCUT2D eigenvalue weighted by Crippen LogP contribution is -2.20. The first-order chi connectivity index (χ1) is 7.31. The van der Waals surface area contributed by atoms with Crippen LogP contribution in [0.25, 0.3) is 0 Å². The monoisotopic (exact) mass is 217 g/mol. The minimum Gasteiger partial charge on any atom is -0.463 e. The van der Waals surface area contributed by atoms with Crippen LogP contribution in [0.4, 0.5) is 0 Å². The zero-order chi connectivity index (χ0) is 11.4. The Morgan fingerprint density at radius 3 is 2.93 bits per heavy atom. The molecule has 0 saturated heterocycles. The van der Waals surface area contributed by atoms with E-state index in [4.69, 9.17) is 14.6 Å². The van der Waals surface area contributed by atoms with Crippen LogP contribution in [0.1, 0.15) is 6.92 Å². The van der Waals surface area contributed by atoms with Crippen LogP contribution >= 0.6 is 0 Å². The number of esters is 1. The van der Waals surface area contributed by atoms with Crippen LogP contribution in [0.5, 0.6) is 0 Å². The first-order valence-electron chi connectivity index (χ1n) is 5.03. The molecule has 0 aliphatic rings. The molecule has 2 N–H and O–H groups in total. The van der Waals surface area contributed by atoms with Gasteiger partial charge < -0.3 is 19.9 Å². The van der Waals surface area contributed by atoms with Gasteiger partial charge in [-0.05, 0) is 6.92 Å². The highest BCUT2D eigenvalue weighted by Gasteiger charge is 1.91. The number of carbonyl (C=O) groups is 1. The Labute approximate surface area is 90.1 Å². The number of hydrogen-bond donors (Lipinski definition) is 2. The number of aliphatic hydroxyl groups is 1. The van der Waals surface area contributed by atoms with Gasteiger partial charge in [-0.25, -0.2) is 4.79 Å². The molecule has 0 aromatic rings. The van der Waals surface area contributed by atoms with E-state index in [9.17, 15) is 4.79 Å². The zero-order valence-corrected chi connectivity index (χ0v) is 9.07. The van der Waals surface area contributed by atoms with Crippen molar-refractivity contribution < 1.29 is 19.4 Å². The van der Waals surface area contributed by atoms with E-state index in [1.807, 2.05) is 0 Å². The molecule has 0 aromatic heterocycles. The maximum Gasteiger partial charge on any atom is 0.330 e. The van der Waals surface area contributed by atoms with Crippen LogP contribution in [-0.4, -0.2) is 50.6 Å². The molecule has 0 aliphatic carbocycles. The second kappa shape index (κ2) is 11.2. The molecule has 0 spiro atoms. The molecule has 0 aromatic carbocycles. The quantitative estimate of drug-likeness (QED) is 0.315. The number of ether oxygens (including phenoxy) is 2. The molecule has 0 aliphatic heterocycles. The highest BCUT2D eigenvalue weighted by Crippen LogP contribution is 1.80. The molecule has 0 amide bonds. The third-order valence-electron chi connectivity index (χ3n) is 1.46. The van der Waals surface area contributed by atoms with Crippen LogP contribution in [0.3, 0.4) is 0 Å². The van der Waals surface area contributed by atoms with Gasteiger partial charge in [-0.2, -0.15) is 0 Å². The lowest BCUT2D eigenvalue weighted by Gasteiger charge is -2.02. The number of aliphatic hydroxyl groups excluding tert-OH is 1. The van der Waals surface area contributed by atoms with E-state index in [0.29, 0.717) is 32.9 Å². The Bertz CT molecular complexity index is 182. The van der Waals surface area contributed by atoms with E-state index in [-0.39, 0.29) is 12.6 Å². The lowest BCUT2D eigenvalue weighted by atomic mass is 10.5. The number of carbonyl (C=O) groups excluding carboxylic acids is 1. The fraction of sp³-hybridized carbons (Fsp3) is 0.700. The Kier molecular flexibility index (Phi) is 10.5. The second-order valence-corrected chi connectivity index (χ2v) is 2.69. The summed E-state index contributed by atoms with van der Waals surface area (Å²) < 4.78 is 9.72. The van der Waals surface area contributed by atoms with Gasteiger partial charge >= 0.3 is 5.97 Å². The van der Waals surface area contributed by atoms with E-state index < -0.39 is 0 Å². The molecule has 0 fully saturated rings. The summed E-state index contributed by atoms with van der Waals surface area (Å²) in [5, 5.41) is 11.5. The summed E-state index contributed by atoms with van der Waals surface area (Å²) in [5.41, 5.74) is 0. The topological polar surface area (TPSA) is 67.8 Å². The van der Waals surface area contributed by atoms with Gasteiger partial charge in [-0.1, -0.05) is 6.08 Å². The van der Waals surface area contributed by atoms with Gasteiger partial charge in [0, 0.05) is 19.2 Å². The van der Waals surface area contributed by atoms with Gasteiger partial charge in [0.05, 0.1) is 26.4 Å². The van der Waals surface area contributed by atoms with Crippen LogP contribution in [-0.2, 0) is 14.3 Å². The van der Waals surface area contributed by atoms with Crippen molar-refractivity contribution in [2.45, 2.75) is 6.92 Å². The van der Waals surface area contributed by atoms with Crippen LogP contribution in [0, 0.1) is 0 Å². The van der Waals surface area contributed by atoms with Gasteiger partial charge in [0.15, 0.2) is 0 Å². The molecule has 15 heavy (non-hydrogen) atoms. The Hall–Kier alpha value is -0.910. The molecule has 0 atom stereocenters. The maximum atomic E-state index is 10.8. The molecule has 0 heterocycles. The molecule has 5 nitrogen and oxygen atoms in total. The molecule has 0 bridgehead atoms. The third-order valence-corrected chi connectivity index (χ3v) is 1.46. The highest BCUT2D eigenvalue weighted by molar-refractivity contribution is 5.81.